The molecule has 1 aromatic carbocycles. The van der Waals surface area contributed by atoms with Crippen molar-refractivity contribution in [1.29, 1.82) is 0 Å². The minimum Gasteiger partial charge on any atom is -0.497 e. The van der Waals surface area contributed by atoms with E-state index >= 15 is 0 Å². The van der Waals surface area contributed by atoms with E-state index in [1.807, 2.05) is 19.1 Å². The Morgan fingerprint density at radius 2 is 1.94 bits per heavy atom. The van der Waals surface area contributed by atoms with Gasteiger partial charge in [-0.25, -0.2) is 4.57 Å². The van der Waals surface area contributed by atoms with E-state index in [1.54, 1.807) is 6.07 Å². The van der Waals surface area contributed by atoms with Crippen LogP contribution in [0.25, 0.3) is 0 Å². The molecule has 5 N–H and O–H groups in total. The minimum atomic E-state index is -4.80. The van der Waals surface area contributed by atoms with Crippen LogP contribution in [0.3, 0.4) is 0 Å². The molecule has 12 heteroatoms. The summed E-state index contributed by atoms with van der Waals surface area (Å²) in [6.07, 6.45) is -0.821. The topological polar surface area (TPSA) is 122 Å². The lowest BCUT2D eigenvalue weighted by molar-refractivity contribution is -0.174. The third kappa shape index (κ3) is 9.00. The number of phosphoric ester groups is 1. The van der Waals surface area contributed by atoms with Gasteiger partial charge >= 0.3 is 14.0 Å². The maximum Gasteiger partial charge on any atom is 0.469 e. The SMILES string of the molecule is Cc1c(Cl)cccc1CCCOC1=CC=C(CCC(N)(CO)COP(=O)(O)O)CC1C(F)(F)F. The summed E-state index contributed by atoms with van der Waals surface area (Å²) in [6.45, 7) is 0.711. The normalized spacial score (nSPS) is 18.8. The number of rotatable bonds is 12. The maximum atomic E-state index is 13.7. The van der Waals surface area contributed by atoms with E-state index in [-0.39, 0.29) is 31.6 Å². The van der Waals surface area contributed by atoms with Crippen molar-refractivity contribution in [3.8, 4) is 0 Å². The number of alkyl halides is 3. The van der Waals surface area contributed by atoms with Crippen LogP contribution in [0, 0.1) is 12.8 Å². The van der Waals surface area contributed by atoms with Gasteiger partial charge in [-0.15, -0.1) is 0 Å². The molecule has 2 rings (SSSR count). The van der Waals surface area contributed by atoms with Crippen molar-refractivity contribution < 1.29 is 41.9 Å². The Balaban J connectivity index is 1.98. The molecule has 0 heterocycles. The second-order valence-electron chi connectivity index (χ2n) is 8.45. The van der Waals surface area contributed by atoms with Crippen molar-refractivity contribution in [1.82, 2.24) is 0 Å². The smallest absolute Gasteiger partial charge is 0.469 e. The standard InChI is InChI=1S/C22H30ClF3NO6P/c1-15-17(4-2-6-19(15)23)5-3-11-32-20-8-7-16(12-18(20)22(24,25)26)9-10-21(27,13-28)14-33-34(29,30)31/h2,4,6-8,18,28H,3,5,9-14,27H2,1H3,(H2,29,30,31). The van der Waals surface area contributed by atoms with Gasteiger partial charge in [-0.1, -0.05) is 35.4 Å². The van der Waals surface area contributed by atoms with Crippen LogP contribution in [0.1, 0.15) is 36.8 Å². The predicted molar refractivity (Wildman–Crippen MR) is 122 cm³/mol. The van der Waals surface area contributed by atoms with E-state index in [4.69, 9.17) is 31.9 Å². The Bertz CT molecular complexity index is 949. The van der Waals surface area contributed by atoms with Crippen LogP contribution in [0.5, 0.6) is 0 Å². The van der Waals surface area contributed by atoms with E-state index in [0.717, 1.165) is 11.1 Å². The molecular formula is C22H30ClF3NO6P. The summed E-state index contributed by atoms with van der Waals surface area (Å²) < 4.78 is 61.8. The number of phosphoric acid groups is 1. The molecular weight excluding hydrogens is 498 g/mol. The molecule has 1 aliphatic rings. The number of benzene rings is 1. The fourth-order valence-electron chi connectivity index (χ4n) is 3.55. The Kier molecular flexibility index (Phi) is 10.2. The van der Waals surface area contributed by atoms with Crippen LogP contribution in [0.4, 0.5) is 13.2 Å². The average Bonchev–Trinajstić information content (AvgIpc) is 2.76. The second kappa shape index (κ2) is 12.0. The van der Waals surface area contributed by atoms with Gasteiger partial charge in [0.2, 0.25) is 0 Å². The molecule has 0 spiro atoms. The molecule has 0 saturated carbocycles. The van der Waals surface area contributed by atoms with Crippen LogP contribution in [0.15, 0.2) is 41.7 Å². The van der Waals surface area contributed by atoms with Crippen molar-refractivity contribution in [3.63, 3.8) is 0 Å². The number of halogens is 4. The number of aryl methyl sites for hydroxylation is 1. The van der Waals surface area contributed by atoms with Gasteiger partial charge in [0.25, 0.3) is 0 Å². The van der Waals surface area contributed by atoms with Crippen molar-refractivity contribution in [3.05, 3.63) is 57.8 Å². The largest absolute Gasteiger partial charge is 0.497 e. The van der Waals surface area contributed by atoms with Gasteiger partial charge in [0.1, 0.15) is 11.7 Å². The zero-order chi connectivity index (χ0) is 25.6. The molecule has 34 heavy (non-hydrogen) atoms. The second-order valence-corrected chi connectivity index (χ2v) is 10.1. The molecule has 1 aliphatic carbocycles. The number of allylic oxidation sites excluding steroid dienone is 4. The van der Waals surface area contributed by atoms with Crippen LogP contribution >= 0.6 is 19.4 Å². The minimum absolute atomic E-state index is 0.0249. The van der Waals surface area contributed by atoms with E-state index in [1.165, 1.54) is 12.2 Å². The van der Waals surface area contributed by atoms with Gasteiger partial charge < -0.3 is 25.4 Å². The molecule has 2 atom stereocenters. The molecule has 0 bridgehead atoms. The van der Waals surface area contributed by atoms with Gasteiger partial charge in [-0.05, 0) is 62.3 Å². The van der Waals surface area contributed by atoms with Gasteiger partial charge in [-0.2, -0.15) is 13.2 Å². The number of aliphatic hydroxyl groups is 1. The lowest BCUT2D eigenvalue weighted by Crippen LogP contribution is -2.48. The first-order valence-electron chi connectivity index (χ1n) is 10.7. The first-order valence-corrected chi connectivity index (χ1v) is 12.6. The molecule has 7 nitrogen and oxygen atoms in total. The molecule has 0 amide bonds. The molecule has 0 saturated heterocycles. The third-order valence-electron chi connectivity index (χ3n) is 5.71. The van der Waals surface area contributed by atoms with Crippen molar-refractivity contribution in [2.45, 2.75) is 50.7 Å². The lowest BCUT2D eigenvalue weighted by Gasteiger charge is -2.30. The highest BCUT2D eigenvalue weighted by Gasteiger charge is 2.44. The number of hydrogen-bond donors (Lipinski definition) is 4. The average molecular weight is 528 g/mol. The highest BCUT2D eigenvalue weighted by Crippen LogP contribution is 2.41. The summed E-state index contributed by atoms with van der Waals surface area (Å²) in [4.78, 5) is 17.6. The summed E-state index contributed by atoms with van der Waals surface area (Å²) in [5.74, 6) is -1.97. The highest BCUT2D eigenvalue weighted by molar-refractivity contribution is 7.46. The molecule has 192 valence electrons. The summed E-state index contributed by atoms with van der Waals surface area (Å²) in [5, 5.41) is 10.1. The van der Waals surface area contributed by atoms with Crippen molar-refractivity contribution in [2.24, 2.45) is 11.7 Å². The molecule has 0 aromatic heterocycles. The predicted octanol–water partition coefficient (Wildman–Crippen LogP) is 4.57. The Labute approximate surface area is 201 Å². The highest BCUT2D eigenvalue weighted by atomic mass is 35.5. The van der Waals surface area contributed by atoms with Gasteiger partial charge in [0.15, 0.2) is 0 Å². The lowest BCUT2D eigenvalue weighted by atomic mass is 9.86. The zero-order valence-corrected chi connectivity index (χ0v) is 20.4. The fourth-order valence-corrected chi connectivity index (χ4v) is 4.17. The third-order valence-corrected chi connectivity index (χ3v) is 6.58. The molecule has 0 aliphatic heterocycles. The first kappa shape index (κ1) is 28.8. The summed E-state index contributed by atoms with van der Waals surface area (Å²) in [7, 11) is -4.80. The molecule has 0 radical (unpaired) electrons. The summed E-state index contributed by atoms with van der Waals surface area (Å²) in [5.41, 5.74) is 6.78. The zero-order valence-electron chi connectivity index (χ0n) is 18.7. The quantitative estimate of drug-likeness (QED) is 0.232. The van der Waals surface area contributed by atoms with Crippen LogP contribution in [-0.4, -0.2) is 46.4 Å². The molecule has 2 unspecified atom stereocenters. The van der Waals surface area contributed by atoms with E-state index in [2.05, 4.69) is 4.52 Å². The Hall–Kier alpha value is -1.39. The van der Waals surface area contributed by atoms with Gasteiger partial charge in [0.05, 0.1) is 25.4 Å². The van der Waals surface area contributed by atoms with E-state index < -0.39 is 38.7 Å². The molecule has 1 aromatic rings. The summed E-state index contributed by atoms with van der Waals surface area (Å²) in [6, 6.07) is 5.53. The molecule has 0 fully saturated rings. The number of nitrogens with two attached hydrogens (primary N) is 1. The van der Waals surface area contributed by atoms with Gasteiger partial charge in [0, 0.05) is 5.02 Å². The van der Waals surface area contributed by atoms with Crippen molar-refractivity contribution >= 4 is 19.4 Å². The van der Waals surface area contributed by atoms with Crippen LogP contribution in [0.2, 0.25) is 5.02 Å². The van der Waals surface area contributed by atoms with Crippen LogP contribution in [-0.2, 0) is 20.2 Å². The van der Waals surface area contributed by atoms with E-state index in [0.29, 0.717) is 23.4 Å². The monoisotopic (exact) mass is 527 g/mol. The number of hydrogen-bond acceptors (Lipinski definition) is 5. The van der Waals surface area contributed by atoms with E-state index in [9.17, 15) is 22.8 Å². The maximum absolute atomic E-state index is 13.7. The fraction of sp³-hybridized carbons (Fsp3) is 0.545. The van der Waals surface area contributed by atoms with Crippen molar-refractivity contribution in [2.75, 3.05) is 19.8 Å². The number of aliphatic hydroxyl groups excluding tert-OH is 1. The Morgan fingerprint density at radius 3 is 2.56 bits per heavy atom. The van der Waals surface area contributed by atoms with Gasteiger partial charge in [-0.3, -0.25) is 4.52 Å². The van der Waals surface area contributed by atoms with Crippen LogP contribution < -0.4 is 5.73 Å². The number of ether oxygens (including phenoxy) is 1. The first-order chi connectivity index (χ1) is 15.7. The summed E-state index contributed by atoms with van der Waals surface area (Å²) >= 11 is 6.10. The Morgan fingerprint density at radius 1 is 1.24 bits per heavy atom.